The number of piperazine rings is 1. The van der Waals surface area contributed by atoms with Crippen LogP contribution in [0.5, 0.6) is 0 Å². The van der Waals surface area contributed by atoms with Crippen molar-refractivity contribution in [3.8, 4) is 0 Å². The van der Waals surface area contributed by atoms with Crippen molar-refractivity contribution in [2.75, 3.05) is 32.7 Å². The number of carbonyl (C=O) groups excluding carboxylic acids is 2. The molecule has 1 aromatic carbocycles. The second-order valence-electron chi connectivity index (χ2n) is 6.03. The largest absolute Gasteiger partial charge is 0.445 e. The minimum atomic E-state index is -0.352. The lowest BCUT2D eigenvalue weighted by Gasteiger charge is -2.34. The van der Waals surface area contributed by atoms with Crippen molar-refractivity contribution < 1.29 is 14.3 Å². The fourth-order valence-electron chi connectivity index (χ4n) is 3.05. The van der Waals surface area contributed by atoms with E-state index in [2.05, 4.69) is 5.32 Å². The molecule has 2 amide bonds. The smallest absolute Gasteiger partial charge is 0.410 e. The van der Waals surface area contributed by atoms with Crippen LogP contribution in [0.2, 0.25) is 0 Å². The van der Waals surface area contributed by atoms with Crippen LogP contribution in [-0.2, 0) is 16.1 Å². The summed E-state index contributed by atoms with van der Waals surface area (Å²) in [5.74, 6) is 0.100. The number of hydrogen-bond donors (Lipinski definition) is 1. The van der Waals surface area contributed by atoms with Crippen molar-refractivity contribution in [3.05, 3.63) is 35.9 Å². The minimum absolute atomic E-state index is 0.100. The highest BCUT2D eigenvalue weighted by Crippen LogP contribution is 2.12. The molecule has 124 valence electrons. The zero-order valence-corrected chi connectivity index (χ0v) is 13.2. The molecule has 2 saturated heterocycles. The zero-order valence-electron chi connectivity index (χ0n) is 13.2. The first-order valence-corrected chi connectivity index (χ1v) is 8.22. The highest BCUT2D eigenvalue weighted by molar-refractivity contribution is 5.83. The Morgan fingerprint density at radius 3 is 2.57 bits per heavy atom. The molecule has 2 fully saturated rings. The molecule has 0 bridgehead atoms. The highest BCUT2D eigenvalue weighted by Gasteiger charge is 2.32. The maximum absolute atomic E-state index is 12.4. The van der Waals surface area contributed by atoms with E-state index in [1.807, 2.05) is 35.2 Å². The van der Waals surface area contributed by atoms with Gasteiger partial charge < -0.3 is 19.9 Å². The number of likely N-dealkylation sites (tertiary alicyclic amines) is 1. The molecular weight excluding hydrogens is 294 g/mol. The quantitative estimate of drug-likeness (QED) is 0.910. The summed E-state index contributed by atoms with van der Waals surface area (Å²) in [7, 11) is 0. The predicted molar refractivity (Wildman–Crippen MR) is 85.8 cm³/mol. The number of ether oxygens (including phenoxy) is 1. The van der Waals surface area contributed by atoms with Gasteiger partial charge in [-0.1, -0.05) is 30.3 Å². The van der Waals surface area contributed by atoms with Crippen LogP contribution in [0, 0.1) is 0 Å². The SMILES string of the molecule is O=C(OCc1ccccc1)N1CCN[C@H](C(=O)N2CCCC2)C1. The minimum Gasteiger partial charge on any atom is -0.445 e. The zero-order chi connectivity index (χ0) is 16.1. The van der Waals surface area contributed by atoms with E-state index in [1.54, 1.807) is 4.90 Å². The van der Waals surface area contributed by atoms with Crippen LogP contribution >= 0.6 is 0 Å². The first-order chi connectivity index (χ1) is 11.2. The average Bonchev–Trinajstić information content (AvgIpc) is 3.14. The Morgan fingerprint density at radius 1 is 1.09 bits per heavy atom. The number of amides is 2. The maximum atomic E-state index is 12.4. The van der Waals surface area contributed by atoms with E-state index >= 15 is 0 Å². The van der Waals surface area contributed by atoms with Gasteiger partial charge >= 0.3 is 6.09 Å². The molecule has 6 nitrogen and oxygen atoms in total. The van der Waals surface area contributed by atoms with Crippen molar-refractivity contribution >= 4 is 12.0 Å². The summed E-state index contributed by atoms with van der Waals surface area (Å²) >= 11 is 0. The van der Waals surface area contributed by atoms with Crippen LogP contribution in [0.4, 0.5) is 4.79 Å². The third kappa shape index (κ3) is 4.01. The van der Waals surface area contributed by atoms with Gasteiger partial charge in [0, 0.05) is 32.7 Å². The maximum Gasteiger partial charge on any atom is 0.410 e. The lowest BCUT2D eigenvalue weighted by Crippen LogP contribution is -2.58. The fraction of sp³-hybridized carbons (Fsp3) is 0.529. The summed E-state index contributed by atoms with van der Waals surface area (Å²) in [6.07, 6.45) is 1.79. The lowest BCUT2D eigenvalue weighted by molar-refractivity contribution is -0.133. The molecule has 2 aliphatic heterocycles. The summed E-state index contributed by atoms with van der Waals surface area (Å²) in [6, 6.07) is 9.29. The number of carbonyl (C=O) groups is 2. The van der Waals surface area contributed by atoms with Gasteiger partial charge in [0.2, 0.25) is 5.91 Å². The van der Waals surface area contributed by atoms with E-state index in [4.69, 9.17) is 4.74 Å². The second-order valence-corrected chi connectivity index (χ2v) is 6.03. The summed E-state index contributed by atoms with van der Waals surface area (Å²) in [5.41, 5.74) is 0.959. The Bertz CT molecular complexity index is 543. The Balaban J connectivity index is 1.51. The van der Waals surface area contributed by atoms with E-state index in [-0.39, 0.29) is 24.6 Å². The van der Waals surface area contributed by atoms with Crippen molar-refractivity contribution in [2.24, 2.45) is 0 Å². The third-order valence-corrected chi connectivity index (χ3v) is 4.35. The van der Waals surface area contributed by atoms with Gasteiger partial charge in [-0.2, -0.15) is 0 Å². The molecule has 0 saturated carbocycles. The molecule has 0 aliphatic carbocycles. The molecule has 1 N–H and O–H groups in total. The van der Waals surface area contributed by atoms with Gasteiger partial charge in [0.1, 0.15) is 12.6 Å². The number of hydrogen-bond acceptors (Lipinski definition) is 4. The van der Waals surface area contributed by atoms with Crippen LogP contribution in [0.25, 0.3) is 0 Å². The number of rotatable bonds is 3. The van der Waals surface area contributed by atoms with Gasteiger partial charge in [-0.25, -0.2) is 4.79 Å². The van der Waals surface area contributed by atoms with Crippen molar-refractivity contribution in [3.63, 3.8) is 0 Å². The Morgan fingerprint density at radius 2 is 1.83 bits per heavy atom. The summed E-state index contributed by atoms with van der Waals surface area (Å²) in [6.45, 7) is 3.48. The first kappa shape index (κ1) is 15.8. The van der Waals surface area contributed by atoms with E-state index in [0.29, 0.717) is 19.6 Å². The molecule has 6 heteroatoms. The Labute approximate surface area is 136 Å². The second kappa shape index (κ2) is 7.46. The molecule has 1 atom stereocenters. The van der Waals surface area contributed by atoms with E-state index < -0.39 is 0 Å². The van der Waals surface area contributed by atoms with E-state index in [1.165, 1.54) is 0 Å². The number of nitrogens with zero attached hydrogens (tertiary/aromatic N) is 2. The molecule has 0 aromatic heterocycles. The lowest BCUT2D eigenvalue weighted by atomic mass is 10.2. The molecule has 2 aliphatic rings. The Hall–Kier alpha value is -2.08. The van der Waals surface area contributed by atoms with Crippen molar-refractivity contribution in [1.29, 1.82) is 0 Å². The van der Waals surface area contributed by atoms with Gasteiger partial charge in [-0.3, -0.25) is 4.79 Å². The third-order valence-electron chi connectivity index (χ3n) is 4.35. The van der Waals surface area contributed by atoms with Crippen molar-refractivity contribution in [2.45, 2.75) is 25.5 Å². The van der Waals surface area contributed by atoms with Crippen molar-refractivity contribution in [1.82, 2.24) is 15.1 Å². The Kier molecular flexibility index (Phi) is 5.12. The van der Waals surface area contributed by atoms with Gasteiger partial charge in [0.25, 0.3) is 0 Å². The first-order valence-electron chi connectivity index (χ1n) is 8.22. The molecule has 3 rings (SSSR count). The van der Waals surface area contributed by atoms with Crippen LogP contribution in [0.15, 0.2) is 30.3 Å². The van der Waals surface area contributed by atoms with Crippen LogP contribution in [0.1, 0.15) is 18.4 Å². The fourth-order valence-corrected chi connectivity index (χ4v) is 3.05. The van der Waals surface area contributed by atoms with E-state index in [9.17, 15) is 9.59 Å². The highest BCUT2D eigenvalue weighted by atomic mass is 16.6. The number of benzene rings is 1. The molecule has 0 radical (unpaired) electrons. The monoisotopic (exact) mass is 317 g/mol. The molecule has 0 spiro atoms. The van der Waals surface area contributed by atoms with Gasteiger partial charge in [-0.15, -0.1) is 0 Å². The average molecular weight is 317 g/mol. The summed E-state index contributed by atoms with van der Waals surface area (Å²) < 4.78 is 5.36. The van der Waals surface area contributed by atoms with Crippen LogP contribution in [-0.4, -0.2) is 60.6 Å². The number of nitrogens with one attached hydrogen (secondary N) is 1. The van der Waals surface area contributed by atoms with Gasteiger partial charge in [0.05, 0.1) is 0 Å². The molecule has 0 unspecified atom stereocenters. The molecular formula is C17H23N3O3. The summed E-state index contributed by atoms with van der Waals surface area (Å²) in [4.78, 5) is 28.2. The normalized spacial score (nSPS) is 21.3. The summed E-state index contributed by atoms with van der Waals surface area (Å²) in [5, 5.41) is 3.21. The standard InChI is InChI=1S/C17H23N3O3/c21-16(19-9-4-5-10-19)15-12-20(11-8-18-15)17(22)23-13-14-6-2-1-3-7-14/h1-3,6-7,15,18H,4-5,8-13H2/t15-/m0/s1. The van der Waals surface area contributed by atoms with Crippen LogP contribution < -0.4 is 5.32 Å². The topological polar surface area (TPSA) is 61.9 Å². The van der Waals surface area contributed by atoms with Gasteiger partial charge in [-0.05, 0) is 18.4 Å². The molecule has 1 aromatic rings. The van der Waals surface area contributed by atoms with Crippen LogP contribution in [0.3, 0.4) is 0 Å². The van der Waals surface area contributed by atoms with E-state index in [0.717, 1.165) is 31.5 Å². The molecule has 2 heterocycles. The van der Waals surface area contributed by atoms with Gasteiger partial charge in [0.15, 0.2) is 0 Å². The predicted octanol–water partition coefficient (Wildman–Crippen LogP) is 1.22. The molecule has 23 heavy (non-hydrogen) atoms.